The molecule has 1 aliphatic heterocycles. The molecule has 1 aliphatic rings. The maximum absolute atomic E-state index is 11.8. The van der Waals surface area contributed by atoms with E-state index >= 15 is 0 Å². The molecule has 4 heteroatoms. The summed E-state index contributed by atoms with van der Waals surface area (Å²) in [6.45, 7) is 6.59. The number of alkyl carbamates (subject to hydrolysis) is 1. The van der Waals surface area contributed by atoms with Gasteiger partial charge in [-0.3, -0.25) is 0 Å². The second-order valence-electron chi connectivity index (χ2n) is 6.44. The Hall–Kier alpha value is -1.55. The van der Waals surface area contributed by atoms with Crippen molar-refractivity contribution in [3.63, 3.8) is 0 Å². The predicted molar refractivity (Wildman–Crippen MR) is 86.6 cm³/mol. The Balaban J connectivity index is 1.69. The van der Waals surface area contributed by atoms with Gasteiger partial charge >= 0.3 is 6.09 Å². The van der Waals surface area contributed by atoms with Crippen molar-refractivity contribution in [2.75, 3.05) is 0 Å². The molecule has 22 heavy (non-hydrogen) atoms. The normalized spacial score (nSPS) is 26.2. The lowest BCUT2D eigenvalue weighted by molar-refractivity contribution is -0.0545. The van der Waals surface area contributed by atoms with E-state index in [4.69, 9.17) is 9.47 Å². The molecule has 0 aliphatic carbocycles. The van der Waals surface area contributed by atoms with Crippen LogP contribution < -0.4 is 5.32 Å². The quantitative estimate of drug-likeness (QED) is 0.897. The molecule has 1 fully saturated rings. The van der Waals surface area contributed by atoms with E-state index in [1.54, 1.807) is 0 Å². The van der Waals surface area contributed by atoms with Crippen molar-refractivity contribution in [2.24, 2.45) is 5.92 Å². The minimum atomic E-state index is -0.343. The third kappa shape index (κ3) is 5.68. The summed E-state index contributed by atoms with van der Waals surface area (Å²) in [5.41, 5.74) is 0.998. The van der Waals surface area contributed by atoms with E-state index in [2.05, 4.69) is 19.2 Å². The highest BCUT2D eigenvalue weighted by molar-refractivity contribution is 5.67. The maximum atomic E-state index is 11.8. The molecular formula is C18H27NO3. The smallest absolute Gasteiger partial charge is 0.407 e. The van der Waals surface area contributed by atoms with Crippen molar-refractivity contribution >= 4 is 6.09 Å². The van der Waals surface area contributed by atoms with Crippen molar-refractivity contribution in [1.82, 2.24) is 5.32 Å². The van der Waals surface area contributed by atoms with Crippen LogP contribution in [0.2, 0.25) is 0 Å². The van der Waals surface area contributed by atoms with Crippen LogP contribution in [0.25, 0.3) is 0 Å². The van der Waals surface area contributed by atoms with Gasteiger partial charge in [-0.05, 0) is 51.5 Å². The molecule has 1 heterocycles. The largest absolute Gasteiger partial charge is 0.445 e. The lowest BCUT2D eigenvalue weighted by atomic mass is 9.87. The zero-order valence-electron chi connectivity index (χ0n) is 13.7. The zero-order chi connectivity index (χ0) is 15.9. The molecule has 1 amide bonds. The van der Waals surface area contributed by atoms with Crippen LogP contribution in [0.3, 0.4) is 0 Å². The molecular weight excluding hydrogens is 278 g/mol. The average Bonchev–Trinajstić information content (AvgIpc) is 2.45. The lowest BCUT2D eigenvalue weighted by Gasteiger charge is -2.33. The first kappa shape index (κ1) is 16.8. The second kappa shape index (κ2) is 8.18. The number of rotatable bonds is 5. The van der Waals surface area contributed by atoms with Gasteiger partial charge in [0.2, 0.25) is 0 Å². The maximum Gasteiger partial charge on any atom is 0.407 e. The van der Waals surface area contributed by atoms with Crippen LogP contribution >= 0.6 is 0 Å². The first-order valence-electron chi connectivity index (χ1n) is 8.15. The summed E-state index contributed by atoms with van der Waals surface area (Å²) in [7, 11) is 0. The number of hydrogen-bond acceptors (Lipinski definition) is 3. The molecule has 2 rings (SSSR count). The summed E-state index contributed by atoms with van der Waals surface area (Å²) in [4.78, 5) is 11.8. The highest BCUT2D eigenvalue weighted by atomic mass is 16.5. The Bertz CT molecular complexity index is 453. The molecule has 1 aromatic rings. The number of carbonyl (C=O) groups excluding carboxylic acids is 1. The molecule has 4 nitrogen and oxygen atoms in total. The number of hydrogen-bond donors (Lipinski definition) is 1. The van der Waals surface area contributed by atoms with Crippen LogP contribution in [0.4, 0.5) is 4.79 Å². The topological polar surface area (TPSA) is 47.6 Å². The molecule has 0 bridgehead atoms. The summed E-state index contributed by atoms with van der Waals surface area (Å²) in [6, 6.07) is 9.83. The van der Waals surface area contributed by atoms with Gasteiger partial charge in [0.25, 0.3) is 0 Å². The number of ether oxygens (including phenoxy) is 2. The van der Waals surface area contributed by atoms with E-state index in [9.17, 15) is 4.79 Å². The molecule has 122 valence electrons. The van der Waals surface area contributed by atoms with Crippen molar-refractivity contribution in [1.29, 1.82) is 0 Å². The molecule has 0 radical (unpaired) electrons. The van der Waals surface area contributed by atoms with Gasteiger partial charge in [-0.15, -0.1) is 0 Å². The average molecular weight is 305 g/mol. The third-order valence-electron chi connectivity index (χ3n) is 4.06. The first-order chi connectivity index (χ1) is 10.5. The van der Waals surface area contributed by atoms with Crippen LogP contribution in [0, 0.1) is 5.92 Å². The summed E-state index contributed by atoms with van der Waals surface area (Å²) in [5, 5.41) is 2.93. The third-order valence-corrected chi connectivity index (χ3v) is 4.06. The number of carbonyl (C=O) groups is 1. The monoisotopic (exact) mass is 305 g/mol. The lowest BCUT2D eigenvalue weighted by Crippen LogP contribution is -2.37. The Morgan fingerprint density at radius 2 is 1.91 bits per heavy atom. The number of benzene rings is 1. The van der Waals surface area contributed by atoms with Gasteiger partial charge in [0.05, 0.1) is 12.2 Å². The molecule has 1 N–H and O–H groups in total. The molecule has 4 atom stereocenters. The Morgan fingerprint density at radius 1 is 1.27 bits per heavy atom. The van der Waals surface area contributed by atoms with E-state index in [1.165, 1.54) is 0 Å². The van der Waals surface area contributed by atoms with Gasteiger partial charge in [-0.25, -0.2) is 4.79 Å². The predicted octanol–water partition coefficient (Wildman–Crippen LogP) is 3.90. The van der Waals surface area contributed by atoms with Gasteiger partial charge in [-0.1, -0.05) is 30.3 Å². The molecule has 1 unspecified atom stereocenters. The van der Waals surface area contributed by atoms with Crippen LogP contribution in [-0.4, -0.2) is 24.3 Å². The minimum absolute atomic E-state index is 0.116. The van der Waals surface area contributed by atoms with Gasteiger partial charge in [0.1, 0.15) is 6.61 Å². The Kier molecular flexibility index (Phi) is 6.25. The fraction of sp³-hybridized carbons (Fsp3) is 0.611. The Morgan fingerprint density at radius 3 is 2.55 bits per heavy atom. The fourth-order valence-electron chi connectivity index (χ4n) is 3.26. The van der Waals surface area contributed by atoms with E-state index in [0.29, 0.717) is 24.7 Å². The summed E-state index contributed by atoms with van der Waals surface area (Å²) in [6.07, 6.45) is 3.38. The van der Waals surface area contributed by atoms with E-state index < -0.39 is 0 Å². The summed E-state index contributed by atoms with van der Waals surface area (Å²) >= 11 is 0. The van der Waals surface area contributed by atoms with E-state index in [1.807, 2.05) is 37.3 Å². The standard InChI is InChI=1S/C18H27NO3/c1-13(9-17-10-14(2)22-15(3)11-17)19-18(20)21-12-16-7-5-4-6-8-16/h4-8,13-15,17H,9-12H2,1-3H3,(H,19,20)/t13-,14-,15+,17?/m0/s1. The summed E-state index contributed by atoms with van der Waals surface area (Å²) in [5.74, 6) is 0.600. The zero-order valence-corrected chi connectivity index (χ0v) is 13.7. The molecule has 0 spiro atoms. The molecule has 1 aromatic carbocycles. The van der Waals surface area contributed by atoms with Crippen molar-refractivity contribution in [3.05, 3.63) is 35.9 Å². The molecule has 1 saturated heterocycles. The van der Waals surface area contributed by atoms with Gasteiger partial charge < -0.3 is 14.8 Å². The first-order valence-corrected chi connectivity index (χ1v) is 8.15. The fourth-order valence-corrected chi connectivity index (χ4v) is 3.26. The van der Waals surface area contributed by atoms with E-state index in [0.717, 1.165) is 24.8 Å². The highest BCUT2D eigenvalue weighted by Gasteiger charge is 2.26. The second-order valence-corrected chi connectivity index (χ2v) is 6.44. The number of amides is 1. The number of nitrogens with one attached hydrogen (secondary N) is 1. The summed E-state index contributed by atoms with van der Waals surface area (Å²) < 4.78 is 11.0. The van der Waals surface area contributed by atoms with Gasteiger partial charge in [0.15, 0.2) is 0 Å². The van der Waals surface area contributed by atoms with Crippen LogP contribution in [0.5, 0.6) is 0 Å². The molecule has 0 aromatic heterocycles. The van der Waals surface area contributed by atoms with Gasteiger partial charge in [-0.2, -0.15) is 0 Å². The molecule has 0 saturated carbocycles. The van der Waals surface area contributed by atoms with Gasteiger partial charge in [0, 0.05) is 6.04 Å². The van der Waals surface area contributed by atoms with Crippen molar-refractivity contribution in [3.8, 4) is 0 Å². The van der Waals surface area contributed by atoms with Crippen molar-refractivity contribution < 1.29 is 14.3 Å². The van der Waals surface area contributed by atoms with E-state index in [-0.39, 0.29) is 12.1 Å². The highest BCUT2D eigenvalue weighted by Crippen LogP contribution is 2.28. The van der Waals surface area contributed by atoms with Crippen LogP contribution in [-0.2, 0) is 16.1 Å². The SMILES string of the molecule is C[C@@H]1CC(C[C@H](C)NC(=O)OCc2ccccc2)C[C@H](C)O1. The Labute approximate surface area is 133 Å². The van der Waals surface area contributed by atoms with Crippen LogP contribution in [0.15, 0.2) is 30.3 Å². The minimum Gasteiger partial charge on any atom is -0.445 e. The van der Waals surface area contributed by atoms with Crippen molar-refractivity contribution in [2.45, 2.75) is 64.9 Å². The van der Waals surface area contributed by atoms with Crippen LogP contribution in [0.1, 0.15) is 45.6 Å².